The van der Waals surface area contributed by atoms with Crippen LogP contribution in [-0.2, 0) is 9.47 Å². The summed E-state index contributed by atoms with van der Waals surface area (Å²) in [4.78, 5) is 12.0. The zero-order valence-corrected chi connectivity index (χ0v) is 12.1. The molecule has 1 fully saturated rings. The SMILES string of the molecule is CCOC(=O)c1cccc(N)c1NC1(C)CCCOC1. The number of hydrogen-bond acceptors (Lipinski definition) is 5. The number of nitrogens with two attached hydrogens (primary N) is 1. The van der Waals surface area contributed by atoms with E-state index in [0.29, 0.717) is 30.2 Å². The van der Waals surface area contributed by atoms with Crippen molar-refractivity contribution in [3.8, 4) is 0 Å². The molecule has 0 saturated carbocycles. The van der Waals surface area contributed by atoms with Crippen LogP contribution in [0.15, 0.2) is 18.2 Å². The summed E-state index contributed by atoms with van der Waals surface area (Å²) in [7, 11) is 0. The first kappa shape index (κ1) is 14.7. The Morgan fingerprint density at radius 3 is 3.00 bits per heavy atom. The third kappa shape index (κ3) is 3.22. The van der Waals surface area contributed by atoms with E-state index in [9.17, 15) is 4.79 Å². The van der Waals surface area contributed by atoms with Crippen molar-refractivity contribution < 1.29 is 14.3 Å². The van der Waals surface area contributed by atoms with E-state index in [4.69, 9.17) is 15.2 Å². The van der Waals surface area contributed by atoms with Gasteiger partial charge < -0.3 is 20.5 Å². The van der Waals surface area contributed by atoms with E-state index in [1.165, 1.54) is 0 Å². The van der Waals surface area contributed by atoms with E-state index >= 15 is 0 Å². The zero-order valence-electron chi connectivity index (χ0n) is 12.1. The van der Waals surface area contributed by atoms with Crippen LogP contribution in [-0.4, -0.2) is 31.3 Å². The first-order valence-corrected chi connectivity index (χ1v) is 6.97. The van der Waals surface area contributed by atoms with E-state index in [-0.39, 0.29) is 11.5 Å². The minimum atomic E-state index is -0.359. The van der Waals surface area contributed by atoms with Crippen molar-refractivity contribution in [1.29, 1.82) is 0 Å². The standard InChI is InChI=1S/C15H22N2O3/c1-3-20-14(18)11-6-4-7-12(16)13(11)17-15(2)8-5-9-19-10-15/h4,6-7,17H,3,5,8-10,16H2,1-2H3. The maximum atomic E-state index is 12.0. The van der Waals surface area contributed by atoms with Crippen LogP contribution in [0.4, 0.5) is 11.4 Å². The lowest BCUT2D eigenvalue weighted by atomic mass is 9.93. The minimum Gasteiger partial charge on any atom is -0.462 e. The van der Waals surface area contributed by atoms with Gasteiger partial charge in [-0.25, -0.2) is 4.79 Å². The van der Waals surface area contributed by atoms with Crippen LogP contribution >= 0.6 is 0 Å². The third-order valence-corrected chi connectivity index (χ3v) is 3.46. The second-order valence-electron chi connectivity index (χ2n) is 5.33. The molecule has 1 aliphatic heterocycles. The van der Waals surface area contributed by atoms with Crippen molar-refractivity contribution in [3.05, 3.63) is 23.8 Å². The average molecular weight is 278 g/mol. The van der Waals surface area contributed by atoms with Gasteiger partial charge in [0.05, 0.1) is 35.7 Å². The predicted molar refractivity (Wildman–Crippen MR) is 78.9 cm³/mol. The van der Waals surface area contributed by atoms with Crippen LogP contribution in [0.25, 0.3) is 0 Å². The number of carbonyl (C=O) groups is 1. The van der Waals surface area contributed by atoms with Gasteiger partial charge in [0, 0.05) is 6.61 Å². The molecule has 110 valence electrons. The number of carbonyl (C=O) groups excluding carboxylic acids is 1. The lowest BCUT2D eigenvalue weighted by Crippen LogP contribution is -2.43. The summed E-state index contributed by atoms with van der Waals surface area (Å²) in [6.07, 6.45) is 1.97. The fourth-order valence-corrected chi connectivity index (χ4v) is 2.42. The second-order valence-corrected chi connectivity index (χ2v) is 5.33. The number of esters is 1. The second kappa shape index (κ2) is 6.13. The molecule has 0 aliphatic carbocycles. The molecule has 1 aliphatic rings. The van der Waals surface area contributed by atoms with E-state index in [1.54, 1.807) is 25.1 Å². The lowest BCUT2D eigenvalue weighted by molar-refractivity contribution is 0.0514. The molecule has 1 aromatic rings. The number of rotatable bonds is 4. The van der Waals surface area contributed by atoms with Crippen molar-refractivity contribution in [2.24, 2.45) is 0 Å². The Kier molecular flexibility index (Phi) is 4.49. The van der Waals surface area contributed by atoms with E-state index < -0.39 is 0 Å². The Hall–Kier alpha value is -1.75. The molecular formula is C15H22N2O3. The molecule has 1 atom stereocenters. The molecule has 0 spiro atoms. The van der Waals surface area contributed by atoms with Gasteiger partial charge in [-0.15, -0.1) is 0 Å². The van der Waals surface area contributed by atoms with Gasteiger partial charge in [-0.1, -0.05) is 6.07 Å². The van der Waals surface area contributed by atoms with Gasteiger partial charge in [-0.05, 0) is 38.8 Å². The molecule has 0 aromatic heterocycles. The fourth-order valence-electron chi connectivity index (χ4n) is 2.42. The number of hydrogen-bond donors (Lipinski definition) is 2. The topological polar surface area (TPSA) is 73.6 Å². The van der Waals surface area contributed by atoms with Crippen LogP contribution < -0.4 is 11.1 Å². The molecule has 1 aromatic carbocycles. The molecule has 3 N–H and O–H groups in total. The Morgan fingerprint density at radius 2 is 2.35 bits per heavy atom. The molecule has 1 heterocycles. The molecule has 5 heteroatoms. The highest BCUT2D eigenvalue weighted by atomic mass is 16.5. The first-order chi connectivity index (χ1) is 9.56. The highest BCUT2D eigenvalue weighted by molar-refractivity contribution is 5.99. The molecule has 5 nitrogen and oxygen atoms in total. The van der Waals surface area contributed by atoms with E-state index in [0.717, 1.165) is 19.4 Å². The summed E-state index contributed by atoms with van der Waals surface area (Å²) >= 11 is 0. The normalized spacial score (nSPS) is 22.3. The number of anilines is 2. The van der Waals surface area contributed by atoms with E-state index in [1.807, 2.05) is 0 Å². The Balaban J connectivity index is 2.27. The van der Waals surface area contributed by atoms with Crippen molar-refractivity contribution in [2.75, 3.05) is 30.9 Å². The van der Waals surface area contributed by atoms with Crippen LogP contribution in [0.2, 0.25) is 0 Å². The minimum absolute atomic E-state index is 0.213. The van der Waals surface area contributed by atoms with Crippen LogP contribution in [0.5, 0.6) is 0 Å². The summed E-state index contributed by atoms with van der Waals surface area (Å²) in [5.74, 6) is -0.359. The third-order valence-electron chi connectivity index (χ3n) is 3.46. The molecule has 0 amide bonds. The van der Waals surface area contributed by atoms with Gasteiger partial charge in [-0.3, -0.25) is 0 Å². The van der Waals surface area contributed by atoms with Crippen LogP contribution in [0.1, 0.15) is 37.0 Å². The Morgan fingerprint density at radius 1 is 1.55 bits per heavy atom. The zero-order chi connectivity index (χ0) is 14.6. The van der Waals surface area contributed by atoms with Gasteiger partial charge in [-0.2, -0.15) is 0 Å². The molecule has 20 heavy (non-hydrogen) atoms. The summed E-state index contributed by atoms with van der Waals surface area (Å²) in [6, 6.07) is 5.26. The number of benzene rings is 1. The van der Waals surface area contributed by atoms with Gasteiger partial charge in [0.25, 0.3) is 0 Å². The monoisotopic (exact) mass is 278 g/mol. The number of para-hydroxylation sites is 1. The smallest absolute Gasteiger partial charge is 0.340 e. The maximum Gasteiger partial charge on any atom is 0.340 e. The van der Waals surface area contributed by atoms with Crippen molar-refractivity contribution in [3.63, 3.8) is 0 Å². The largest absolute Gasteiger partial charge is 0.462 e. The first-order valence-electron chi connectivity index (χ1n) is 6.97. The van der Waals surface area contributed by atoms with Gasteiger partial charge in [0.2, 0.25) is 0 Å². The highest BCUT2D eigenvalue weighted by Crippen LogP contribution is 2.30. The average Bonchev–Trinajstić information content (AvgIpc) is 2.42. The summed E-state index contributed by atoms with van der Waals surface area (Å²) < 4.78 is 10.6. The molecule has 0 radical (unpaired) electrons. The fraction of sp³-hybridized carbons (Fsp3) is 0.533. The van der Waals surface area contributed by atoms with Crippen molar-refractivity contribution >= 4 is 17.3 Å². The molecule has 1 unspecified atom stereocenters. The van der Waals surface area contributed by atoms with Crippen LogP contribution in [0, 0.1) is 0 Å². The molecule has 2 rings (SSSR count). The quantitative estimate of drug-likeness (QED) is 0.653. The number of nitrogen functional groups attached to an aromatic ring is 1. The van der Waals surface area contributed by atoms with Crippen molar-refractivity contribution in [2.45, 2.75) is 32.2 Å². The van der Waals surface area contributed by atoms with Crippen LogP contribution in [0.3, 0.4) is 0 Å². The molecule has 1 saturated heterocycles. The lowest BCUT2D eigenvalue weighted by Gasteiger charge is -2.36. The Bertz CT molecular complexity index is 482. The van der Waals surface area contributed by atoms with Gasteiger partial charge in [0.15, 0.2) is 0 Å². The molecule has 0 bridgehead atoms. The Labute approximate surface area is 119 Å². The van der Waals surface area contributed by atoms with Crippen molar-refractivity contribution in [1.82, 2.24) is 0 Å². The summed E-state index contributed by atoms with van der Waals surface area (Å²) in [5, 5.41) is 3.38. The van der Waals surface area contributed by atoms with Gasteiger partial charge in [0.1, 0.15) is 0 Å². The maximum absolute atomic E-state index is 12.0. The summed E-state index contributed by atoms with van der Waals surface area (Å²) in [6.45, 7) is 5.59. The number of nitrogens with one attached hydrogen (secondary N) is 1. The number of ether oxygens (including phenoxy) is 2. The molecular weight excluding hydrogens is 256 g/mol. The van der Waals surface area contributed by atoms with E-state index in [2.05, 4.69) is 12.2 Å². The van der Waals surface area contributed by atoms with Gasteiger partial charge >= 0.3 is 5.97 Å². The predicted octanol–water partition coefficient (Wildman–Crippen LogP) is 2.43. The summed E-state index contributed by atoms with van der Waals surface area (Å²) in [5.41, 5.74) is 7.46. The highest BCUT2D eigenvalue weighted by Gasteiger charge is 2.29.